The van der Waals surface area contributed by atoms with Gasteiger partial charge >= 0.3 is 0 Å². The van der Waals surface area contributed by atoms with Crippen LogP contribution < -0.4 is 10.1 Å². The van der Waals surface area contributed by atoms with E-state index in [1.165, 1.54) is 31.5 Å². The van der Waals surface area contributed by atoms with E-state index >= 15 is 0 Å². The summed E-state index contributed by atoms with van der Waals surface area (Å²) in [6, 6.07) is 12.6. The highest BCUT2D eigenvalue weighted by Gasteiger charge is 2.47. The molecule has 2 aromatic carbocycles. The quantitative estimate of drug-likeness (QED) is 0.423. The summed E-state index contributed by atoms with van der Waals surface area (Å²) >= 11 is 0. The van der Waals surface area contributed by atoms with Crippen LogP contribution in [0.15, 0.2) is 54.7 Å². The van der Waals surface area contributed by atoms with E-state index in [0.29, 0.717) is 27.9 Å². The van der Waals surface area contributed by atoms with Crippen LogP contribution in [-0.4, -0.2) is 41.9 Å². The summed E-state index contributed by atoms with van der Waals surface area (Å²) in [5.41, 5.74) is -2.02. The van der Waals surface area contributed by atoms with Crippen molar-refractivity contribution in [1.29, 1.82) is 0 Å². The van der Waals surface area contributed by atoms with Gasteiger partial charge in [0.2, 0.25) is 0 Å². The minimum absolute atomic E-state index is 0.319. The molecule has 0 aliphatic carbocycles. The Morgan fingerprint density at radius 2 is 1.81 bits per heavy atom. The average Bonchev–Trinajstić information content (AvgIpc) is 2.76. The summed E-state index contributed by atoms with van der Waals surface area (Å²) in [4.78, 5) is 4.23. The zero-order chi connectivity index (χ0) is 23.5. The van der Waals surface area contributed by atoms with Gasteiger partial charge in [0.05, 0.1) is 12.6 Å². The highest BCUT2D eigenvalue weighted by Crippen LogP contribution is 2.41. The molecule has 0 amide bonds. The third-order valence-corrected chi connectivity index (χ3v) is 5.61. The lowest BCUT2D eigenvalue weighted by Gasteiger charge is -2.39. The van der Waals surface area contributed by atoms with Crippen LogP contribution in [0.25, 0.3) is 10.9 Å². The molecule has 3 rings (SSSR count). The van der Waals surface area contributed by atoms with Crippen molar-refractivity contribution in [2.75, 3.05) is 19.0 Å². The van der Waals surface area contributed by atoms with E-state index in [1.807, 2.05) is 0 Å². The molecule has 0 radical (unpaired) electrons. The number of nitrogens with zero attached hydrogens (tertiary/aromatic N) is 1. The van der Waals surface area contributed by atoms with Crippen molar-refractivity contribution in [1.82, 2.24) is 4.98 Å². The molecule has 3 aromatic rings. The molecule has 172 valence electrons. The van der Waals surface area contributed by atoms with Crippen LogP contribution in [0.1, 0.15) is 25.8 Å². The number of benzene rings is 2. The fourth-order valence-electron chi connectivity index (χ4n) is 4.06. The van der Waals surface area contributed by atoms with Gasteiger partial charge in [-0.25, -0.2) is 17.6 Å². The number of para-hydroxylation sites is 1. The van der Waals surface area contributed by atoms with E-state index in [2.05, 4.69) is 10.3 Å². The van der Waals surface area contributed by atoms with Gasteiger partial charge in [0.1, 0.15) is 17.2 Å². The third-order valence-electron chi connectivity index (χ3n) is 5.61. The lowest BCUT2D eigenvalue weighted by molar-refractivity contribution is -0.103. The Labute approximate surface area is 184 Å². The molecule has 2 atom stereocenters. The number of hydrogen-bond acceptors (Lipinski definition) is 4. The minimum Gasteiger partial charge on any atom is -0.496 e. The molecule has 8 heteroatoms. The van der Waals surface area contributed by atoms with Gasteiger partial charge in [0.15, 0.2) is 6.17 Å². The average molecular weight is 450 g/mol. The summed E-state index contributed by atoms with van der Waals surface area (Å²) in [5, 5.41) is 14.8. The Morgan fingerprint density at radius 1 is 1.09 bits per heavy atom. The van der Waals surface area contributed by atoms with E-state index in [-0.39, 0.29) is 0 Å². The molecule has 0 saturated heterocycles. The number of anilines is 1. The molecule has 0 bridgehead atoms. The summed E-state index contributed by atoms with van der Waals surface area (Å²) in [6.07, 6.45) is -5.12. The number of aliphatic hydroxyl groups is 1. The molecule has 0 saturated carbocycles. The molecule has 0 aliphatic heterocycles. The number of pyridine rings is 1. The monoisotopic (exact) mass is 450 g/mol. The zero-order valence-electron chi connectivity index (χ0n) is 18.1. The second-order valence-electron chi connectivity index (χ2n) is 8.47. The van der Waals surface area contributed by atoms with Gasteiger partial charge in [-0.2, -0.15) is 0 Å². The Morgan fingerprint density at radius 3 is 2.50 bits per heavy atom. The van der Waals surface area contributed by atoms with Gasteiger partial charge < -0.3 is 15.2 Å². The van der Waals surface area contributed by atoms with E-state index in [1.54, 1.807) is 44.2 Å². The number of rotatable bonds is 9. The van der Waals surface area contributed by atoms with Gasteiger partial charge in [-0.15, -0.1) is 0 Å². The van der Waals surface area contributed by atoms with Gasteiger partial charge in [-0.3, -0.25) is 4.98 Å². The van der Waals surface area contributed by atoms with Gasteiger partial charge in [-0.05, 0) is 42.2 Å². The Bertz CT molecular complexity index is 1070. The number of aromatic nitrogens is 1. The molecule has 2 unspecified atom stereocenters. The van der Waals surface area contributed by atoms with E-state index in [0.717, 1.165) is 0 Å². The Hall–Kier alpha value is -2.87. The van der Waals surface area contributed by atoms with Crippen LogP contribution in [0, 0.1) is 5.82 Å². The lowest BCUT2D eigenvalue weighted by Crippen LogP contribution is -2.52. The number of nitrogens with one attached hydrogen (secondary N) is 1. The molecule has 0 aliphatic rings. The highest BCUT2D eigenvalue weighted by molar-refractivity contribution is 5.90. The molecule has 0 fully saturated rings. The second kappa shape index (κ2) is 9.32. The molecule has 0 spiro atoms. The Kier molecular flexibility index (Phi) is 6.93. The lowest BCUT2D eigenvalue weighted by atomic mass is 9.73. The van der Waals surface area contributed by atoms with Crippen LogP contribution in [0.4, 0.5) is 23.2 Å². The largest absolute Gasteiger partial charge is 0.496 e. The van der Waals surface area contributed by atoms with Gasteiger partial charge in [0.25, 0.3) is 6.43 Å². The first-order valence-corrected chi connectivity index (χ1v) is 10.1. The van der Waals surface area contributed by atoms with E-state index in [9.17, 15) is 22.7 Å². The molecule has 2 N–H and O–H groups in total. The van der Waals surface area contributed by atoms with Crippen molar-refractivity contribution < 1.29 is 27.4 Å². The number of fused-ring (bicyclic) bond motifs is 1. The zero-order valence-corrected chi connectivity index (χ0v) is 18.1. The Balaban J connectivity index is 1.94. The van der Waals surface area contributed by atoms with Crippen LogP contribution in [0.5, 0.6) is 5.75 Å². The molecule has 32 heavy (non-hydrogen) atoms. The maximum Gasteiger partial charge on any atom is 0.272 e. The first-order chi connectivity index (χ1) is 15.1. The fraction of sp³-hybridized carbons (Fsp3) is 0.375. The standard InChI is InChI=1S/C24H26F4N2O2/c1-23(2,17-12-15(25)8-9-20(17)32-3)13-24(31,21(26)22(27)28)14-30-19-10-11-29-18-7-5-4-6-16(18)19/h4-12,21-22,31H,13-14H2,1-3H3,(H,29,30). The van der Waals surface area contributed by atoms with Crippen LogP contribution in [-0.2, 0) is 5.41 Å². The molecule has 1 aromatic heterocycles. The predicted molar refractivity (Wildman–Crippen MR) is 117 cm³/mol. The maximum absolute atomic E-state index is 14.7. The molecular formula is C24H26F4N2O2. The first-order valence-electron chi connectivity index (χ1n) is 10.1. The third kappa shape index (κ3) is 4.96. The predicted octanol–water partition coefficient (Wildman–Crippen LogP) is 5.50. The van der Waals surface area contributed by atoms with Gasteiger partial charge in [0, 0.05) is 29.4 Å². The first kappa shape index (κ1) is 23.8. The van der Waals surface area contributed by atoms with Crippen molar-refractivity contribution >= 4 is 16.6 Å². The number of methoxy groups -OCH3 is 1. The van der Waals surface area contributed by atoms with Crippen molar-refractivity contribution in [2.24, 2.45) is 0 Å². The second-order valence-corrected chi connectivity index (χ2v) is 8.47. The molecule has 4 nitrogen and oxygen atoms in total. The van der Waals surface area contributed by atoms with E-state index in [4.69, 9.17) is 4.74 Å². The van der Waals surface area contributed by atoms with Crippen molar-refractivity contribution in [3.63, 3.8) is 0 Å². The van der Waals surface area contributed by atoms with Crippen LogP contribution in [0.3, 0.4) is 0 Å². The summed E-state index contributed by atoms with van der Waals surface area (Å²) in [6.45, 7) is 2.75. The van der Waals surface area contributed by atoms with Crippen LogP contribution >= 0.6 is 0 Å². The summed E-state index contributed by atoms with van der Waals surface area (Å²) < 4.78 is 60.8. The molecular weight excluding hydrogens is 424 g/mol. The van der Waals surface area contributed by atoms with Crippen molar-refractivity contribution in [2.45, 2.75) is 43.9 Å². The number of alkyl halides is 3. The fourth-order valence-corrected chi connectivity index (χ4v) is 4.06. The van der Waals surface area contributed by atoms with E-state index < -0.39 is 42.4 Å². The van der Waals surface area contributed by atoms with Crippen molar-refractivity contribution in [3.05, 3.63) is 66.1 Å². The van der Waals surface area contributed by atoms with Gasteiger partial charge in [-0.1, -0.05) is 32.0 Å². The molecule has 1 heterocycles. The normalized spacial score (nSPS) is 14.9. The number of halogens is 4. The topological polar surface area (TPSA) is 54.4 Å². The minimum atomic E-state index is -3.40. The smallest absolute Gasteiger partial charge is 0.272 e. The summed E-state index contributed by atoms with van der Waals surface area (Å²) in [7, 11) is 1.40. The SMILES string of the molecule is COc1ccc(F)cc1C(C)(C)CC(O)(CNc1ccnc2ccccc12)C(F)C(F)F. The summed E-state index contributed by atoms with van der Waals surface area (Å²) in [5.74, 6) is -0.233. The number of ether oxygens (including phenoxy) is 1. The number of hydrogen-bond donors (Lipinski definition) is 2. The highest BCUT2D eigenvalue weighted by atomic mass is 19.3. The van der Waals surface area contributed by atoms with Crippen LogP contribution in [0.2, 0.25) is 0 Å². The van der Waals surface area contributed by atoms with Crippen molar-refractivity contribution in [3.8, 4) is 5.75 Å². The maximum atomic E-state index is 14.7.